The maximum absolute atomic E-state index is 13.7. The standard InChI is InChI=1S/C35H40N6O3/c1-5-7-20-40-34(43)32(41(35(40,3)4)33(42)22-29-10-8-9-19-36-29)21-27-15-17-31(18-16-27)44-25-30-24-39(38-37-30)23-28-13-11-26(6-2)12-14-28/h6,8-19,24,32H,2,5,7,20-23,25H2,1,3-4H3/t32-/m0/s1. The Hall–Kier alpha value is -4.79. The number of hydrogen-bond acceptors (Lipinski definition) is 6. The molecule has 0 N–H and O–H groups in total. The van der Waals surface area contributed by atoms with E-state index in [2.05, 4.69) is 40.9 Å². The van der Waals surface area contributed by atoms with Crippen molar-refractivity contribution in [3.8, 4) is 5.75 Å². The largest absolute Gasteiger partial charge is 0.487 e. The van der Waals surface area contributed by atoms with E-state index in [9.17, 15) is 9.59 Å². The molecule has 2 aromatic heterocycles. The Morgan fingerprint density at radius 2 is 1.77 bits per heavy atom. The van der Waals surface area contributed by atoms with Gasteiger partial charge in [-0.05, 0) is 61.2 Å². The third-order valence-electron chi connectivity index (χ3n) is 8.06. The number of hydrogen-bond donors (Lipinski definition) is 0. The number of aromatic nitrogens is 4. The number of amides is 2. The van der Waals surface area contributed by atoms with Crippen molar-refractivity contribution in [3.63, 3.8) is 0 Å². The summed E-state index contributed by atoms with van der Waals surface area (Å²) in [5.74, 6) is 0.569. The average Bonchev–Trinajstić information content (AvgIpc) is 3.55. The number of ether oxygens (including phenoxy) is 1. The van der Waals surface area contributed by atoms with Gasteiger partial charge in [0, 0.05) is 24.9 Å². The molecule has 2 amide bonds. The molecule has 5 rings (SSSR count). The van der Waals surface area contributed by atoms with Crippen LogP contribution in [0.5, 0.6) is 5.75 Å². The van der Waals surface area contributed by atoms with Gasteiger partial charge in [-0.2, -0.15) is 0 Å². The molecule has 0 aliphatic carbocycles. The zero-order valence-electron chi connectivity index (χ0n) is 25.7. The Morgan fingerprint density at radius 1 is 1.02 bits per heavy atom. The van der Waals surface area contributed by atoms with Crippen molar-refractivity contribution in [2.75, 3.05) is 6.54 Å². The summed E-state index contributed by atoms with van der Waals surface area (Å²) in [7, 11) is 0. The first-order valence-electron chi connectivity index (χ1n) is 15.1. The smallest absolute Gasteiger partial charge is 0.247 e. The van der Waals surface area contributed by atoms with Crippen LogP contribution in [-0.2, 0) is 35.6 Å². The van der Waals surface area contributed by atoms with Crippen molar-refractivity contribution in [2.45, 2.75) is 71.3 Å². The van der Waals surface area contributed by atoms with E-state index in [4.69, 9.17) is 4.74 Å². The van der Waals surface area contributed by atoms with Gasteiger partial charge >= 0.3 is 0 Å². The minimum atomic E-state index is -0.738. The quantitative estimate of drug-likeness (QED) is 0.209. The number of unbranched alkanes of at least 4 members (excludes halogenated alkanes) is 1. The molecule has 9 nitrogen and oxygen atoms in total. The van der Waals surface area contributed by atoms with E-state index < -0.39 is 11.7 Å². The first-order valence-corrected chi connectivity index (χ1v) is 15.1. The van der Waals surface area contributed by atoms with E-state index in [-0.39, 0.29) is 24.8 Å². The number of nitrogens with zero attached hydrogens (tertiary/aromatic N) is 6. The molecule has 2 aromatic carbocycles. The van der Waals surface area contributed by atoms with Crippen molar-refractivity contribution in [1.29, 1.82) is 0 Å². The second-order valence-electron chi connectivity index (χ2n) is 11.6. The van der Waals surface area contributed by atoms with Crippen LogP contribution in [0.1, 0.15) is 61.7 Å². The lowest BCUT2D eigenvalue weighted by molar-refractivity contribution is -0.139. The van der Waals surface area contributed by atoms with Gasteiger partial charge in [0.25, 0.3) is 0 Å². The van der Waals surface area contributed by atoms with E-state index in [1.807, 2.05) is 85.6 Å². The number of rotatable bonds is 13. The van der Waals surface area contributed by atoms with E-state index in [0.29, 0.717) is 31.0 Å². The number of benzene rings is 2. The highest BCUT2D eigenvalue weighted by atomic mass is 16.5. The van der Waals surface area contributed by atoms with Crippen LogP contribution < -0.4 is 4.74 Å². The molecule has 1 saturated heterocycles. The predicted octanol–water partition coefficient (Wildman–Crippen LogP) is 5.30. The molecule has 1 aliphatic rings. The topological polar surface area (TPSA) is 93.5 Å². The summed E-state index contributed by atoms with van der Waals surface area (Å²) in [5.41, 5.74) is 3.83. The van der Waals surface area contributed by atoms with E-state index >= 15 is 0 Å². The SMILES string of the molecule is C=Cc1ccc(Cn2cc(COc3ccc(C[C@H]4C(=O)N(CCCC)C(C)(C)N4C(=O)Cc4ccccn4)cc3)nn2)cc1. The first kappa shape index (κ1) is 30.7. The molecule has 4 aromatic rings. The highest BCUT2D eigenvalue weighted by molar-refractivity contribution is 5.93. The third-order valence-corrected chi connectivity index (χ3v) is 8.06. The van der Waals surface area contributed by atoms with Crippen molar-refractivity contribution >= 4 is 17.9 Å². The van der Waals surface area contributed by atoms with Crippen LogP contribution in [0.4, 0.5) is 0 Å². The summed E-state index contributed by atoms with van der Waals surface area (Å²) < 4.78 is 7.77. The van der Waals surface area contributed by atoms with Crippen LogP contribution in [-0.4, -0.2) is 59.8 Å². The number of carbonyl (C=O) groups is 2. The fourth-order valence-corrected chi connectivity index (χ4v) is 5.70. The fourth-order valence-electron chi connectivity index (χ4n) is 5.70. The molecule has 3 heterocycles. The van der Waals surface area contributed by atoms with Gasteiger partial charge < -0.3 is 14.5 Å². The Balaban J connectivity index is 1.23. The minimum absolute atomic E-state index is 0.0158. The van der Waals surface area contributed by atoms with Crippen LogP contribution in [0.25, 0.3) is 6.08 Å². The van der Waals surface area contributed by atoms with Crippen molar-refractivity contribution < 1.29 is 14.3 Å². The molecular formula is C35H40N6O3. The minimum Gasteiger partial charge on any atom is -0.487 e. The lowest BCUT2D eigenvalue weighted by Crippen LogP contribution is -2.53. The van der Waals surface area contributed by atoms with Gasteiger partial charge in [-0.3, -0.25) is 14.6 Å². The molecule has 0 bridgehead atoms. The fraction of sp³-hybridized carbons (Fsp3) is 0.343. The van der Waals surface area contributed by atoms with Crippen LogP contribution >= 0.6 is 0 Å². The van der Waals surface area contributed by atoms with Crippen LogP contribution in [0.3, 0.4) is 0 Å². The second-order valence-corrected chi connectivity index (χ2v) is 11.6. The highest BCUT2D eigenvalue weighted by Gasteiger charge is 2.52. The molecule has 0 unspecified atom stereocenters. The molecule has 0 saturated carbocycles. The van der Waals surface area contributed by atoms with Gasteiger partial charge in [-0.15, -0.1) is 5.10 Å². The van der Waals surface area contributed by atoms with Gasteiger partial charge in [-0.25, -0.2) is 4.68 Å². The van der Waals surface area contributed by atoms with Crippen LogP contribution in [0.15, 0.2) is 85.7 Å². The number of carbonyl (C=O) groups excluding carboxylic acids is 2. The summed E-state index contributed by atoms with van der Waals surface area (Å²) >= 11 is 0. The molecular weight excluding hydrogens is 552 g/mol. The molecule has 44 heavy (non-hydrogen) atoms. The van der Waals surface area contributed by atoms with Crippen LogP contribution in [0.2, 0.25) is 0 Å². The Kier molecular flexibility index (Phi) is 9.53. The van der Waals surface area contributed by atoms with Gasteiger partial charge in [0.1, 0.15) is 29.8 Å². The van der Waals surface area contributed by atoms with Gasteiger partial charge in [0.15, 0.2) is 0 Å². The summed E-state index contributed by atoms with van der Waals surface area (Å²) in [6, 6.07) is 20.8. The number of pyridine rings is 1. The summed E-state index contributed by atoms with van der Waals surface area (Å²) in [4.78, 5) is 35.4. The van der Waals surface area contributed by atoms with Gasteiger partial charge in [-0.1, -0.05) is 73.7 Å². The molecule has 1 atom stereocenters. The summed E-state index contributed by atoms with van der Waals surface area (Å²) in [6.07, 6.45) is 7.79. The summed E-state index contributed by atoms with van der Waals surface area (Å²) in [5, 5.41) is 8.46. The monoisotopic (exact) mass is 592 g/mol. The zero-order chi connectivity index (χ0) is 31.1. The third kappa shape index (κ3) is 7.05. The second kappa shape index (κ2) is 13.7. The van der Waals surface area contributed by atoms with Crippen molar-refractivity contribution in [2.24, 2.45) is 0 Å². The predicted molar refractivity (Wildman–Crippen MR) is 169 cm³/mol. The van der Waals surface area contributed by atoms with E-state index in [0.717, 1.165) is 35.2 Å². The Labute approximate surface area is 259 Å². The molecule has 0 radical (unpaired) electrons. The lowest BCUT2D eigenvalue weighted by Gasteiger charge is -2.39. The molecule has 1 fully saturated rings. The summed E-state index contributed by atoms with van der Waals surface area (Å²) in [6.45, 7) is 11.3. The first-order chi connectivity index (χ1) is 21.3. The van der Waals surface area contributed by atoms with E-state index in [1.165, 1.54) is 0 Å². The lowest BCUT2D eigenvalue weighted by atomic mass is 10.0. The molecule has 0 spiro atoms. The zero-order valence-corrected chi connectivity index (χ0v) is 25.7. The molecule has 228 valence electrons. The maximum Gasteiger partial charge on any atom is 0.247 e. The highest BCUT2D eigenvalue weighted by Crippen LogP contribution is 2.34. The Morgan fingerprint density at radius 3 is 2.45 bits per heavy atom. The maximum atomic E-state index is 13.7. The van der Waals surface area contributed by atoms with Gasteiger partial charge in [0.2, 0.25) is 11.8 Å². The Bertz CT molecular complexity index is 1560. The molecule has 1 aliphatic heterocycles. The van der Waals surface area contributed by atoms with Crippen molar-refractivity contribution in [3.05, 3.63) is 114 Å². The van der Waals surface area contributed by atoms with Crippen LogP contribution in [0, 0.1) is 0 Å². The van der Waals surface area contributed by atoms with Crippen molar-refractivity contribution in [1.82, 2.24) is 29.8 Å². The van der Waals surface area contributed by atoms with Gasteiger partial charge in [0.05, 0.1) is 19.2 Å². The molecule has 9 heteroatoms. The average molecular weight is 593 g/mol. The van der Waals surface area contributed by atoms with E-state index in [1.54, 1.807) is 15.8 Å². The normalized spacial score (nSPS) is 15.9.